The van der Waals surface area contributed by atoms with Crippen molar-refractivity contribution in [2.45, 2.75) is 13.1 Å². The average Bonchev–Trinajstić information content (AvgIpc) is 2.08. The van der Waals surface area contributed by atoms with Crippen molar-refractivity contribution < 1.29 is 13.2 Å². The minimum atomic E-state index is -4.42. The molecule has 0 unspecified atom stereocenters. The molecule has 11 heavy (non-hydrogen) atoms. The first kappa shape index (κ1) is 8.58. The Morgan fingerprint density at radius 2 is 2.00 bits per heavy atom. The van der Waals surface area contributed by atoms with Crippen molar-refractivity contribution in [3.63, 3.8) is 0 Å². The molecule has 6 heteroatoms. The van der Waals surface area contributed by atoms with E-state index in [1.807, 2.05) is 0 Å². The maximum Gasteiger partial charge on any atom is 0.433 e. The topological polar surface area (TPSA) is 12.9 Å². The summed E-state index contributed by atoms with van der Waals surface area (Å²) in [7, 11) is 5.06. The Kier molecular flexibility index (Phi) is 1.96. The van der Waals surface area contributed by atoms with Crippen molar-refractivity contribution >= 4 is 24.0 Å². The normalized spacial score (nSPS) is 12.0. The fraction of sp³-hybridized carbons (Fsp3) is 0.400. The molecule has 0 saturated heterocycles. The average molecular weight is 177 g/mol. The molecule has 0 N–H and O–H groups in total. The second kappa shape index (κ2) is 2.51. The van der Waals surface area contributed by atoms with Gasteiger partial charge in [-0.3, -0.25) is 0 Å². The quantitative estimate of drug-likeness (QED) is 0.543. The minimum absolute atomic E-state index is 0.269. The lowest BCUT2D eigenvalue weighted by molar-refractivity contribution is -0.139. The summed E-state index contributed by atoms with van der Waals surface area (Å²) in [6.07, 6.45) is -4.42. The molecule has 0 aliphatic carbocycles. The molecule has 0 saturated carbocycles. The number of aromatic nitrogens is 1. The number of thiazole rings is 1. The van der Waals surface area contributed by atoms with Crippen LogP contribution in [0.5, 0.6) is 0 Å². The lowest BCUT2D eigenvalue weighted by atomic mass is 10.1. The van der Waals surface area contributed by atoms with Gasteiger partial charge in [-0.25, -0.2) is 4.98 Å². The fourth-order valence-corrected chi connectivity index (χ4v) is 1.36. The SMILES string of the molecule is [B]c1sc(C)nc1C(F)(F)F. The Hall–Kier alpha value is -0.515. The molecule has 1 heterocycles. The largest absolute Gasteiger partial charge is 0.433 e. The van der Waals surface area contributed by atoms with E-state index < -0.39 is 11.9 Å². The molecule has 0 amide bonds. The van der Waals surface area contributed by atoms with Gasteiger partial charge < -0.3 is 0 Å². The summed E-state index contributed by atoms with van der Waals surface area (Å²) in [5.74, 6) is 0. The molecule has 58 valence electrons. The zero-order chi connectivity index (χ0) is 8.65. The maximum atomic E-state index is 11.9. The predicted octanol–water partition coefficient (Wildman–Crippen LogP) is 1.26. The van der Waals surface area contributed by atoms with Crippen LogP contribution in [0, 0.1) is 6.92 Å². The molecule has 0 fully saturated rings. The molecule has 1 nitrogen and oxygen atoms in total. The van der Waals surface area contributed by atoms with Crippen LogP contribution >= 0.6 is 11.3 Å². The summed E-state index contributed by atoms with van der Waals surface area (Å²) >= 11 is 0.843. The van der Waals surface area contributed by atoms with Gasteiger partial charge in [0.05, 0.1) is 5.01 Å². The van der Waals surface area contributed by atoms with Gasteiger partial charge in [0.25, 0.3) is 0 Å². The Morgan fingerprint density at radius 1 is 1.45 bits per heavy atom. The van der Waals surface area contributed by atoms with Gasteiger partial charge in [0.15, 0.2) is 0 Å². The third-order valence-electron chi connectivity index (χ3n) is 1.03. The zero-order valence-electron chi connectivity index (χ0n) is 5.57. The van der Waals surface area contributed by atoms with E-state index in [9.17, 15) is 13.2 Å². The molecule has 1 rings (SSSR count). The second-order valence-corrected chi connectivity index (χ2v) is 3.18. The van der Waals surface area contributed by atoms with Crippen molar-refractivity contribution in [3.05, 3.63) is 10.7 Å². The van der Waals surface area contributed by atoms with Gasteiger partial charge >= 0.3 is 6.18 Å². The first-order valence-corrected chi connectivity index (χ1v) is 3.53. The molecular formula is C5H3BF3NS. The summed E-state index contributed by atoms with van der Waals surface area (Å²) in [6, 6.07) is 0. The zero-order valence-corrected chi connectivity index (χ0v) is 6.38. The third-order valence-corrected chi connectivity index (χ3v) is 1.83. The van der Waals surface area contributed by atoms with E-state index in [1.165, 1.54) is 6.92 Å². The molecule has 0 aliphatic heterocycles. The van der Waals surface area contributed by atoms with Crippen LogP contribution in [0.1, 0.15) is 10.7 Å². The van der Waals surface area contributed by atoms with Gasteiger partial charge in [0.2, 0.25) is 0 Å². The van der Waals surface area contributed by atoms with Crippen LogP contribution in [0.4, 0.5) is 13.2 Å². The van der Waals surface area contributed by atoms with E-state index in [0.717, 1.165) is 11.3 Å². The fourth-order valence-electron chi connectivity index (χ4n) is 0.646. The van der Waals surface area contributed by atoms with Gasteiger partial charge in [-0.15, -0.1) is 11.3 Å². The Balaban J connectivity index is 3.13. The smallest absolute Gasteiger partial charge is 0.238 e. The highest BCUT2D eigenvalue weighted by molar-refractivity contribution is 7.19. The summed E-state index contributed by atoms with van der Waals surface area (Å²) in [5.41, 5.74) is -0.972. The molecule has 2 radical (unpaired) electrons. The highest BCUT2D eigenvalue weighted by Gasteiger charge is 2.35. The summed E-state index contributed by atoms with van der Waals surface area (Å²) in [5, 5.41) is 0.329. The van der Waals surface area contributed by atoms with Crippen molar-refractivity contribution in [2.24, 2.45) is 0 Å². The highest BCUT2D eigenvalue weighted by atomic mass is 32.1. The van der Waals surface area contributed by atoms with Crippen LogP contribution in [-0.2, 0) is 6.18 Å². The van der Waals surface area contributed by atoms with Crippen LogP contribution in [0.15, 0.2) is 0 Å². The predicted molar refractivity (Wildman–Crippen MR) is 37.2 cm³/mol. The van der Waals surface area contributed by atoms with Crippen molar-refractivity contribution in [2.75, 3.05) is 0 Å². The summed E-state index contributed by atoms with van der Waals surface area (Å²) < 4.78 is 35.5. The number of hydrogen-bond acceptors (Lipinski definition) is 2. The van der Waals surface area contributed by atoms with Crippen LogP contribution in [0.25, 0.3) is 0 Å². The molecule has 0 atom stereocenters. The molecule has 0 bridgehead atoms. The lowest BCUT2D eigenvalue weighted by Gasteiger charge is -2.02. The van der Waals surface area contributed by atoms with Crippen LogP contribution in [-0.4, -0.2) is 12.8 Å². The first-order valence-electron chi connectivity index (χ1n) is 2.71. The molecular weight excluding hydrogens is 174 g/mol. The Bertz CT molecular complexity index is 267. The van der Waals surface area contributed by atoms with Gasteiger partial charge in [-0.1, -0.05) is 0 Å². The third kappa shape index (κ3) is 1.74. The van der Waals surface area contributed by atoms with Gasteiger partial charge in [0.1, 0.15) is 13.5 Å². The summed E-state index contributed by atoms with van der Waals surface area (Å²) in [4.78, 5) is 3.25. The monoisotopic (exact) mass is 177 g/mol. The number of halogens is 3. The lowest BCUT2D eigenvalue weighted by Crippen LogP contribution is -2.16. The van der Waals surface area contributed by atoms with Crippen molar-refractivity contribution in [1.29, 1.82) is 0 Å². The maximum absolute atomic E-state index is 11.9. The molecule has 1 aromatic rings. The summed E-state index contributed by atoms with van der Waals surface area (Å²) in [6.45, 7) is 1.48. The van der Waals surface area contributed by atoms with Crippen LogP contribution < -0.4 is 4.78 Å². The van der Waals surface area contributed by atoms with E-state index in [4.69, 9.17) is 7.85 Å². The minimum Gasteiger partial charge on any atom is -0.238 e. The van der Waals surface area contributed by atoms with Crippen molar-refractivity contribution in [3.8, 4) is 0 Å². The van der Waals surface area contributed by atoms with Gasteiger partial charge in [0, 0.05) is 0 Å². The van der Waals surface area contributed by atoms with Gasteiger partial charge in [-0.2, -0.15) is 13.2 Å². The van der Waals surface area contributed by atoms with Crippen molar-refractivity contribution in [1.82, 2.24) is 4.98 Å². The number of nitrogens with zero attached hydrogens (tertiary/aromatic N) is 1. The molecule has 0 aromatic carbocycles. The number of hydrogen-bond donors (Lipinski definition) is 0. The first-order chi connectivity index (χ1) is 4.91. The van der Waals surface area contributed by atoms with E-state index in [1.54, 1.807) is 0 Å². The van der Waals surface area contributed by atoms with E-state index in [2.05, 4.69) is 4.98 Å². The number of rotatable bonds is 0. The van der Waals surface area contributed by atoms with Crippen LogP contribution in [0.2, 0.25) is 0 Å². The van der Waals surface area contributed by atoms with Gasteiger partial charge in [-0.05, 0) is 11.7 Å². The van der Waals surface area contributed by atoms with E-state index in [0.29, 0.717) is 5.01 Å². The molecule has 0 spiro atoms. The number of aryl methyl sites for hydroxylation is 1. The molecule has 0 aliphatic rings. The number of alkyl halides is 3. The molecule has 1 aromatic heterocycles. The van der Waals surface area contributed by atoms with E-state index >= 15 is 0 Å². The van der Waals surface area contributed by atoms with E-state index in [-0.39, 0.29) is 4.78 Å². The standard InChI is InChI=1S/C5H3BF3NS/c1-2-10-3(4(6)11-2)5(7,8)9/h1H3. The Morgan fingerprint density at radius 3 is 2.18 bits per heavy atom. The highest BCUT2D eigenvalue weighted by Crippen LogP contribution is 2.27. The Labute approximate surface area is 66.7 Å². The van der Waals surface area contributed by atoms with Crippen LogP contribution in [0.3, 0.4) is 0 Å². The second-order valence-electron chi connectivity index (χ2n) is 1.94.